The van der Waals surface area contributed by atoms with Crippen LogP contribution < -0.4 is 9.47 Å². The highest BCUT2D eigenvalue weighted by Crippen LogP contribution is 2.32. The molecule has 2 rings (SSSR count). The van der Waals surface area contributed by atoms with Gasteiger partial charge in [0.05, 0.1) is 6.42 Å². The van der Waals surface area contributed by atoms with Gasteiger partial charge in [0.25, 0.3) is 0 Å². The molecular weight excluding hydrogens is 224 g/mol. The standard InChI is InChI=1S/C12H12O5/c13-9(2-4-12(14)15)5-8-1-3-10-11(6-8)17-7-16-10/h1,3,6H,2,4-5,7H2,(H,14,15). The topological polar surface area (TPSA) is 72.8 Å². The monoisotopic (exact) mass is 236 g/mol. The van der Waals surface area contributed by atoms with Crippen LogP contribution in [-0.2, 0) is 16.0 Å². The molecule has 1 aromatic carbocycles. The normalized spacial score (nSPS) is 12.5. The molecule has 0 atom stereocenters. The molecule has 0 fully saturated rings. The molecule has 17 heavy (non-hydrogen) atoms. The molecule has 0 aromatic heterocycles. The smallest absolute Gasteiger partial charge is 0.303 e. The van der Waals surface area contributed by atoms with E-state index in [1.54, 1.807) is 18.2 Å². The molecule has 1 aliphatic rings. The van der Waals surface area contributed by atoms with Crippen LogP contribution >= 0.6 is 0 Å². The molecule has 1 aromatic rings. The van der Waals surface area contributed by atoms with E-state index in [-0.39, 0.29) is 31.8 Å². The van der Waals surface area contributed by atoms with E-state index in [2.05, 4.69) is 0 Å². The number of fused-ring (bicyclic) bond motifs is 1. The Labute approximate surface area is 98.0 Å². The molecule has 0 bridgehead atoms. The third kappa shape index (κ3) is 2.96. The Morgan fingerprint density at radius 1 is 1.18 bits per heavy atom. The second-order valence-corrected chi connectivity index (χ2v) is 3.80. The summed E-state index contributed by atoms with van der Waals surface area (Å²) in [4.78, 5) is 21.8. The van der Waals surface area contributed by atoms with Crippen molar-refractivity contribution in [2.24, 2.45) is 0 Å². The first-order valence-corrected chi connectivity index (χ1v) is 5.27. The van der Waals surface area contributed by atoms with Gasteiger partial charge in [-0.3, -0.25) is 9.59 Å². The number of hydrogen-bond donors (Lipinski definition) is 1. The molecular formula is C12H12O5. The molecule has 90 valence electrons. The zero-order chi connectivity index (χ0) is 12.3. The molecule has 5 nitrogen and oxygen atoms in total. The highest BCUT2D eigenvalue weighted by molar-refractivity contribution is 5.84. The summed E-state index contributed by atoms with van der Waals surface area (Å²) in [6, 6.07) is 5.29. The molecule has 0 saturated carbocycles. The molecule has 0 spiro atoms. The van der Waals surface area contributed by atoms with Crippen LogP contribution in [0.4, 0.5) is 0 Å². The number of carboxylic acid groups (broad SMARTS) is 1. The number of Topliss-reactive ketones (excluding diaryl/α,β-unsaturated/α-hetero) is 1. The van der Waals surface area contributed by atoms with Gasteiger partial charge in [-0.1, -0.05) is 6.07 Å². The predicted octanol–water partition coefficient (Wildman–Crippen LogP) is 1.39. The lowest BCUT2D eigenvalue weighted by Gasteiger charge is -2.02. The molecule has 0 radical (unpaired) electrons. The molecule has 1 heterocycles. The first-order chi connectivity index (χ1) is 8.15. The Hall–Kier alpha value is -2.04. The van der Waals surface area contributed by atoms with Crippen LogP contribution in [0.25, 0.3) is 0 Å². The maximum atomic E-state index is 11.5. The maximum absolute atomic E-state index is 11.5. The average Bonchev–Trinajstić information content (AvgIpc) is 2.73. The van der Waals surface area contributed by atoms with Crippen LogP contribution in [0, 0.1) is 0 Å². The van der Waals surface area contributed by atoms with E-state index in [1.807, 2.05) is 0 Å². The van der Waals surface area contributed by atoms with Crippen LogP contribution in [0.2, 0.25) is 0 Å². The van der Waals surface area contributed by atoms with Crippen LogP contribution in [0.15, 0.2) is 18.2 Å². The third-order valence-corrected chi connectivity index (χ3v) is 2.46. The van der Waals surface area contributed by atoms with Gasteiger partial charge >= 0.3 is 5.97 Å². The van der Waals surface area contributed by atoms with Gasteiger partial charge in [0.1, 0.15) is 5.78 Å². The van der Waals surface area contributed by atoms with Gasteiger partial charge in [-0.15, -0.1) is 0 Å². The van der Waals surface area contributed by atoms with E-state index in [1.165, 1.54) is 0 Å². The van der Waals surface area contributed by atoms with E-state index >= 15 is 0 Å². The number of carbonyl (C=O) groups is 2. The first-order valence-electron chi connectivity index (χ1n) is 5.27. The molecule has 1 N–H and O–H groups in total. The Balaban J connectivity index is 1.95. The van der Waals surface area contributed by atoms with Crippen LogP contribution in [0.3, 0.4) is 0 Å². The van der Waals surface area contributed by atoms with E-state index in [9.17, 15) is 9.59 Å². The van der Waals surface area contributed by atoms with Gasteiger partial charge in [0, 0.05) is 12.8 Å². The quantitative estimate of drug-likeness (QED) is 0.836. The van der Waals surface area contributed by atoms with Gasteiger partial charge in [-0.05, 0) is 17.7 Å². The van der Waals surface area contributed by atoms with Gasteiger partial charge in [0.2, 0.25) is 6.79 Å². The highest BCUT2D eigenvalue weighted by Gasteiger charge is 2.14. The third-order valence-electron chi connectivity index (χ3n) is 2.46. The van der Waals surface area contributed by atoms with E-state index in [4.69, 9.17) is 14.6 Å². The molecule has 5 heteroatoms. The van der Waals surface area contributed by atoms with Crippen molar-refractivity contribution in [2.75, 3.05) is 6.79 Å². The van der Waals surface area contributed by atoms with Gasteiger partial charge in [-0.25, -0.2) is 0 Å². The van der Waals surface area contributed by atoms with Crippen LogP contribution in [0.1, 0.15) is 18.4 Å². The number of carboxylic acids is 1. The van der Waals surface area contributed by atoms with Crippen LogP contribution in [0.5, 0.6) is 11.5 Å². The van der Waals surface area contributed by atoms with Crippen molar-refractivity contribution >= 4 is 11.8 Å². The number of carbonyl (C=O) groups excluding carboxylic acids is 1. The van der Waals surface area contributed by atoms with E-state index in [0.29, 0.717) is 11.5 Å². The fraction of sp³-hybridized carbons (Fsp3) is 0.333. The Morgan fingerprint density at radius 2 is 1.94 bits per heavy atom. The summed E-state index contributed by atoms with van der Waals surface area (Å²) >= 11 is 0. The minimum atomic E-state index is -0.955. The Kier molecular flexibility index (Phi) is 3.27. The molecule has 0 aliphatic carbocycles. The summed E-state index contributed by atoms with van der Waals surface area (Å²) in [5, 5.41) is 8.47. The lowest BCUT2D eigenvalue weighted by molar-refractivity contribution is -0.138. The minimum Gasteiger partial charge on any atom is -0.481 e. The fourth-order valence-electron chi connectivity index (χ4n) is 1.61. The largest absolute Gasteiger partial charge is 0.481 e. The van der Waals surface area contributed by atoms with Crippen molar-refractivity contribution in [3.8, 4) is 11.5 Å². The number of ketones is 1. The Bertz CT molecular complexity index is 452. The molecule has 1 aliphatic heterocycles. The van der Waals surface area contributed by atoms with Crippen molar-refractivity contribution < 1.29 is 24.2 Å². The second kappa shape index (κ2) is 4.86. The van der Waals surface area contributed by atoms with Crippen molar-refractivity contribution in [1.82, 2.24) is 0 Å². The summed E-state index contributed by atoms with van der Waals surface area (Å²) in [5.41, 5.74) is 0.810. The van der Waals surface area contributed by atoms with E-state index < -0.39 is 5.97 Å². The zero-order valence-electron chi connectivity index (χ0n) is 9.14. The number of ether oxygens (including phenoxy) is 2. The predicted molar refractivity (Wildman–Crippen MR) is 58.1 cm³/mol. The average molecular weight is 236 g/mol. The Morgan fingerprint density at radius 3 is 2.71 bits per heavy atom. The summed E-state index contributed by atoms with van der Waals surface area (Å²) in [5.74, 6) is 0.260. The zero-order valence-corrected chi connectivity index (χ0v) is 9.14. The van der Waals surface area contributed by atoms with Crippen molar-refractivity contribution in [1.29, 1.82) is 0 Å². The van der Waals surface area contributed by atoms with Crippen molar-refractivity contribution in [3.63, 3.8) is 0 Å². The molecule has 0 saturated heterocycles. The summed E-state index contributed by atoms with van der Waals surface area (Å²) in [7, 11) is 0. The maximum Gasteiger partial charge on any atom is 0.303 e. The molecule has 0 unspecified atom stereocenters. The number of benzene rings is 1. The van der Waals surface area contributed by atoms with Gasteiger partial charge < -0.3 is 14.6 Å². The lowest BCUT2D eigenvalue weighted by atomic mass is 10.1. The summed E-state index contributed by atoms with van der Waals surface area (Å²) in [6.45, 7) is 0.200. The number of hydrogen-bond acceptors (Lipinski definition) is 4. The highest BCUT2D eigenvalue weighted by atomic mass is 16.7. The minimum absolute atomic E-state index is 0.0593. The first kappa shape index (κ1) is 11.4. The van der Waals surface area contributed by atoms with Crippen molar-refractivity contribution in [2.45, 2.75) is 19.3 Å². The van der Waals surface area contributed by atoms with Gasteiger partial charge in [-0.2, -0.15) is 0 Å². The number of rotatable bonds is 5. The number of aliphatic carboxylic acids is 1. The van der Waals surface area contributed by atoms with Gasteiger partial charge in [0.15, 0.2) is 11.5 Å². The van der Waals surface area contributed by atoms with E-state index in [0.717, 1.165) is 5.56 Å². The summed E-state index contributed by atoms with van der Waals surface area (Å²) < 4.78 is 10.3. The van der Waals surface area contributed by atoms with Crippen molar-refractivity contribution in [3.05, 3.63) is 23.8 Å². The van der Waals surface area contributed by atoms with Crippen LogP contribution in [-0.4, -0.2) is 23.7 Å². The second-order valence-electron chi connectivity index (χ2n) is 3.80. The summed E-state index contributed by atoms with van der Waals surface area (Å²) in [6.07, 6.45) is 0.164. The fourth-order valence-corrected chi connectivity index (χ4v) is 1.61. The lowest BCUT2D eigenvalue weighted by Crippen LogP contribution is -2.06. The molecule has 0 amide bonds. The SMILES string of the molecule is O=C(O)CCC(=O)Cc1ccc2c(c1)OCO2.